The molecule has 0 radical (unpaired) electrons. The van der Waals surface area contributed by atoms with Crippen molar-refractivity contribution in [1.82, 2.24) is 9.97 Å². The van der Waals surface area contributed by atoms with Gasteiger partial charge in [-0.2, -0.15) is 11.3 Å². The number of nitrogens with zero attached hydrogens (tertiary/aromatic N) is 2. The maximum absolute atomic E-state index is 10.9. The average Bonchev–Trinajstić information content (AvgIpc) is 3.16. The van der Waals surface area contributed by atoms with E-state index in [1.807, 2.05) is 16.8 Å². The number of ether oxygens (including phenoxy) is 1. The highest BCUT2D eigenvalue weighted by molar-refractivity contribution is 7.08. The van der Waals surface area contributed by atoms with Gasteiger partial charge in [0.15, 0.2) is 5.76 Å². The van der Waals surface area contributed by atoms with E-state index in [1.165, 1.54) is 18.4 Å². The zero-order valence-electron chi connectivity index (χ0n) is 11.6. The lowest BCUT2D eigenvalue weighted by Crippen LogP contribution is -2.24. The summed E-state index contributed by atoms with van der Waals surface area (Å²) in [5.41, 5.74) is 1.77. The first kappa shape index (κ1) is 14.3. The van der Waals surface area contributed by atoms with E-state index in [-0.39, 0.29) is 6.42 Å². The zero-order valence-corrected chi connectivity index (χ0v) is 12.4. The molecule has 3 rings (SSSR count). The first-order valence-corrected chi connectivity index (χ1v) is 7.34. The van der Waals surface area contributed by atoms with Crippen molar-refractivity contribution >= 4 is 17.3 Å². The number of aromatic nitrogens is 2. The Hall–Kier alpha value is -2.67. The van der Waals surface area contributed by atoms with Crippen LogP contribution in [0.2, 0.25) is 0 Å². The van der Waals surface area contributed by atoms with Crippen LogP contribution >= 0.6 is 11.3 Å². The van der Waals surface area contributed by atoms with Crippen LogP contribution in [0.4, 0.5) is 0 Å². The van der Waals surface area contributed by atoms with Gasteiger partial charge in [-0.15, -0.1) is 0 Å². The normalized spacial score (nSPS) is 10.6. The maximum atomic E-state index is 10.9. The molecule has 6 nitrogen and oxygen atoms in total. The number of methoxy groups -OCH3 is 1. The number of carboxylic acid groups (broad SMARTS) is 1. The second kappa shape index (κ2) is 5.98. The predicted octanol–water partition coefficient (Wildman–Crippen LogP) is 1.77. The Balaban J connectivity index is 2.03. The molecule has 0 aliphatic rings. The highest BCUT2D eigenvalue weighted by Crippen LogP contribution is 2.31. The Morgan fingerprint density at radius 1 is 1.36 bits per heavy atom. The van der Waals surface area contributed by atoms with Gasteiger partial charge in [0.25, 0.3) is 0 Å². The lowest BCUT2D eigenvalue weighted by molar-refractivity contribution is -0.304. The van der Waals surface area contributed by atoms with Gasteiger partial charge in [-0.25, -0.2) is 9.97 Å². The monoisotopic (exact) mass is 315 g/mol. The molecule has 0 unspecified atom stereocenters. The van der Waals surface area contributed by atoms with Gasteiger partial charge in [0, 0.05) is 35.6 Å². The summed E-state index contributed by atoms with van der Waals surface area (Å²) in [7, 11) is 1.53. The third-order valence-corrected chi connectivity index (χ3v) is 3.67. The summed E-state index contributed by atoms with van der Waals surface area (Å²) in [6.07, 6.45) is 1.25. The minimum atomic E-state index is -1.20. The van der Waals surface area contributed by atoms with Crippen molar-refractivity contribution in [2.75, 3.05) is 7.11 Å². The molecule has 3 aromatic rings. The second-order valence-corrected chi connectivity index (χ2v) is 5.22. The van der Waals surface area contributed by atoms with Gasteiger partial charge in [-0.3, -0.25) is 0 Å². The van der Waals surface area contributed by atoms with Crippen LogP contribution in [0.25, 0.3) is 22.8 Å². The fourth-order valence-electron chi connectivity index (χ4n) is 1.98. The zero-order chi connectivity index (χ0) is 15.5. The quantitative estimate of drug-likeness (QED) is 0.713. The number of rotatable bonds is 5. The van der Waals surface area contributed by atoms with Crippen molar-refractivity contribution in [3.05, 3.63) is 40.8 Å². The molecule has 0 aliphatic carbocycles. The molecule has 0 saturated heterocycles. The van der Waals surface area contributed by atoms with Gasteiger partial charge < -0.3 is 19.1 Å². The van der Waals surface area contributed by atoms with Crippen molar-refractivity contribution in [3.8, 4) is 28.7 Å². The molecule has 112 valence electrons. The molecule has 0 fully saturated rings. The third-order valence-electron chi connectivity index (χ3n) is 2.98. The molecule has 7 heteroatoms. The van der Waals surface area contributed by atoms with Crippen LogP contribution in [-0.4, -0.2) is 23.0 Å². The van der Waals surface area contributed by atoms with Crippen LogP contribution < -0.4 is 9.84 Å². The summed E-state index contributed by atoms with van der Waals surface area (Å²) in [6, 6.07) is 5.28. The summed E-state index contributed by atoms with van der Waals surface area (Å²) in [6.45, 7) is 0. The fraction of sp³-hybridized carbons (Fsp3) is 0.133. The van der Waals surface area contributed by atoms with Crippen LogP contribution in [0.5, 0.6) is 5.88 Å². The number of carboxylic acids is 1. The van der Waals surface area contributed by atoms with Crippen molar-refractivity contribution < 1.29 is 19.1 Å². The Kier molecular flexibility index (Phi) is 3.88. The molecule has 0 spiro atoms. The molecular weight excluding hydrogens is 304 g/mol. The maximum Gasteiger partial charge on any atom is 0.228 e. The number of pyridine rings is 1. The van der Waals surface area contributed by atoms with Crippen LogP contribution in [0.1, 0.15) is 5.69 Å². The van der Waals surface area contributed by atoms with Gasteiger partial charge in [0.1, 0.15) is 0 Å². The number of aliphatic carboxylic acids is 1. The van der Waals surface area contributed by atoms with Crippen LogP contribution in [0.15, 0.2) is 39.6 Å². The van der Waals surface area contributed by atoms with Crippen LogP contribution in [0.3, 0.4) is 0 Å². The molecule has 0 N–H and O–H groups in total. The summed E-state index contributed by atoms with van der Waals surface area (Å²) in [4.78, 5) is 19.3. The van der Waals surface area contributed by atoms with Crippen molar-refractivity contribution in [3.63, 3.8) is 0 Å². The van der Waals surface area contributed by atoms with E-state index >= 15 is 0 Å². The van der Waals surface area contributed by atoms with E-state index in [0.717, 1.165) is 5.56 Å². The average molecular weight is 315 g/mol. The van der Waals surface area contributed by atoms with E-state index < -0.39 is 5.97 Å². The summed E-state index contributed by atoms with van der Waals surface area (Å²) < 4.78 is 10.7. The number of oxazole rings is 1. The molecular formula is C15H11N2O4S-. The largest absolute Gasteiger partial charge is 0.550 e. The highest BCUT2D eigenvalue weighted by atomic mass is 32.1. The second-order valence-electron chi connectivity index (χ2n) is 4.44. The molecule has 0 saturated carbocycles. The van der Waals surface area contributed by atoms with E-state index in [9.17, 15) is 9.90 Å². The predicted molar refractivity (Wildman–Crippen MR) is 78.3 cm³/mol. The number of carbonyl (C=O) groups is 1. The van der Waals surface area contributed by atoms with Gasteiger partial charge >= 0.3 is 0 Å². The molecule has 0 aromatic carbocycles. The lowest BCUT2D eigenvalue weighted by atomic mass is 10.2. The minimum absolute atomic E-state index is 0.307. The lowest BCUT2D eigenvalue weighted by Gasteiger charge is -1.99. The summed E-state index contributed by atoms with van der Waals surface area (Å²) in [5, 5.41) is 14.7. The first-order valence-electron chi connectivity index (χ1n) is 6.40. The Labute approximate surface area is 130 Å². The number of hydrogen-bond acceptors (Lipinski definition) is 7. The molecule has 0 aliphatic heterocycles. The fourth-order valence-corrected chi connectivity index (χ4v) is 2.61. The first-order chi connectivity index (χ1) is 10.7. The van der Waals surface area contributed by atoms with E-state index in [0.29, 0.717) is 28.8 Å². The summed E-state index contributed by atoms with van der Waals surface area (Å²) >= 11 is 1.49. The van der Waals surface area contributed by atoms with Gasteiger partial charge in [0.2, 0.25) is 11.8 Å². The number of carbonyl (C=O) groups excluding carboxylic acids is 1. The molecule has 22 heavy (non-hydrogen) atoms. The smallest absolute Gasteiger partial charge is 0.228 e. The molecule has 0 atom stereocenters. The van der Waals surface area contributed by atoms with E-state index in [1.54, 1.807) is 18.3 Å². The van der Waals surface area contributed by atoms with Crippen molar-refractivity contribution in [2.45, 2.75) is 6.42 Å². The van der Waals surface area contributed by atoms with Gasteiger partial charge in [-0.1, -0.05) is 0 Å². The Bertz CT molecular complexity index is 778. The SMILES string of the molecule is COc1ccc(-c2nc(CC(=O)[O-])c(-c3ccsc3)o2)cn1. The number of hydrogen-bond donors (Lipinski definition) is 0. The van der Waals surface area contributed by atoms with E-state index in [4.69, 9.17) is 9.15 Å². The topological polar surface area (TPSA) is 88.3 Å². The molecule has 3 aromatic heterocycles. The molecule has 0 bridgehead atoms. The standard InChI is InChI=1S/C15H12N2O4S/c1-20-12-3-2-9(7-16-12)15-17-11(6-13(18)19)14(21-15)10-4-5-22-8-10/h2-5,7-8H,6H2,1H3,(H,18,19)/p-1. The van der Waals surface area contributed by atoms with Crippen LogP contribution in [-0.2, 0) is 11.2 Å². The highest BCUT2D eigenvalue weighted by Gasteiger charge is 2.17. The van der Waals surface area contributed by atoms with Gasteiger partial charge in [-0.05, 0) is 17.5 Å². The number of thiophene rings is 1. The Morgan fingerprint density at radius 2 is 2.23 bits per heavy atom. The van der Waals surface area contributed by atoms with Gasteiger partial charge in [0.05, 0.1) is 18.4 Å². The molecule has 0 amide bonds. The Morgan fingerprint density at radius 3 is 2.82 bits per heavy atom. The summed E-state index contributed by atoms with van der Waals surface area (Å²) in [5.74, 6) is 0.0244. The van der Waals surface area contributed by atoms with Crippen molar-refractivity contribution in [1.29, 1.82) is 0 Å². The minimum Gasteiger partial charge on any atom is -0.550 e. The van der Waals surface area contributed by atoms with Crippen LogP contribution in [0, 0.1) is 0 Å². The van der Waals surface area contributed by atoms with E-state index in [2.05, 4.69) is 9.97 Å². The molecule has 3 heterocycles. The third kappa shape index (κ3) is 2.84. The van der Waals surface area contributed by atoms with Crippen molar-refractivity contribution in [2.24, 2.45) is 0 Å².